The fourth-order valence-corrected chi connectivity index (χ4v) is 2.30. The molecule has 0 saturated carbocycles. The number of carboxylic acid groups (broad SMARTS) is 1. The number of nitrogens with zero attached hydrogens (tertiary/aromatic N) is 1. The van der Waals surface area contributed by atoms with Crippen LogP contribution >= 0.6 is 0 Å². The van der Waals surface area contributed by atoms with Crippen LogP contribution in [0.3, 0.4) is 0 Å². The van der Waals surface area contributed by atoms with E-state index in [4.69, 9.17) is 9.84 Å². The largest absolute Gasteiger partial charge is 0.465 e. The maximum Gasteiger partial charge on any atom is 0.408 e. The minimum atomic E-state index is -1.23. The molecule has 2 atom stereocenters. The lowest BCUT2D eigenvalue weighted by atomic mass is 10.0. The minimum Gasteiger partial charge on any atom is -0.465 e. The summed E-state index contributed by atoms with van der Waals surface area (Å²) in [5, 5.41) is 19.0. The smallest absolute Gasteiger partial charge is 0.408 e. The zero-order chi connectivity index (χ0) is 14.8. The molecule has 2 rings (SSSR count). The first kappa shape index (κ1) is 14.3. The lowest BCUT2D eigenvalue weighted by Gasteiger charge is -2.19. The molecule has 1 aromatic rings. The van der Waals surface area contributed by atoms with E-state index in [1.165, 1.54) is 6.92 Å². The first-order chi connectivity index (χ1) is 9.39. The molecule has 108 valence electrons. The molecule has 0 bridgehead atoms. The Morgan fingerprint density at radius 2 is 2.05 bits per heavy atom. The van der Waals surface area contributed by atoms with E-state index >= 15 is 0 Å². The highest BCUT2D eigenvalue weighted by molar-refractivity contribution is 5.81. The van der Waals surface area contributed by atoms with Gasteiger partial charge in [-0.2, -0.15) is 0 Å². The lowest BCUT2D eigenvalue weighted by molar-refractivity contribution is -0.149. The van der Waals surface area contributed by atoms with E-state index in [1.54, 1.807) is 0 Å². The van der Waals surface area contributed by atoms with Crippen LogP contribution in [0.5, 0.6) is 0 Å². The predicted octanol–water partition coefficient (Wildman–Crippen LogP) is 1.23. The van der Waals surface area contributed by atoms with Gasteiger partial charge in [0, 0.05) is 6.42 Å². The molecule has 20 heavy (non-hydrogen) atoms. The molecular formula is C14H17NO5. The highest BCUT2D eigenvalue weighted by atomic mass is 16.5. The van der Waals surface area contributed by atoms with Crippen molar-refractivity contribution in [1.29, 1.82) is 0 Å². The van der Waals surface area contributed by atoms with Crippen molar-refractivity contribution in [2.75, 3.05) is 6.54 Å². The van der Waals surface area contributed by atoms with Crippen LogP contribution < -0.4 is 0 Å². The summed E-state index contributed by atoms with van der Waals surface area (Å²) in [7, 11) is 0. The van der Waals surface area contributed by atoms with Gasteiger partial charge in [-0.25, -0.2) is 9.59 Å². The monoisotopic (exact) mass is 279 g/mol. The Hall–Kier alpha value is -2.08. The van der Waals surface area contributed by atoms with Gasteiger partial charge in [0.25, 0.3) is 0 Å². The minimum absolute atomic E-state index is 0.0485. The number of likely N-dealkylation sites (tertiary alicyclic amines) is 1. The Kier molecular flexibility index (Phi) is 3.94. The zero-order valence-corrected chi connectivity index (χ0v) is 11.2. The van der Waals surface area contributed by atoms with E-state index in [2.05, 4.69) is 0 Å². The van der Waals surface area contributed by atoms with Gasteiger partial charge in [0.1, 0.15) is 12.6 Å². The van der Waals surface area contributed by atoms with Gasteiger partial charge in [0.2, 0.25) is 0 Å². The topological polar surface area (TPSA) is 87.1 Å². The second kappa shape index (κ2) is 5.50. The van der Waals surface area contributed by atoms with Crippen molar-refractivity contribution in [2.24, 2.45) is 0 Å². The van der Waals surface area contributed by atoms with Crippen LogP contribution in [0.4, 0.5) is 4.79 Å². The van der Waals surface area contributed by atoms with Crippen molar-refractivity contribution in [2.45, 2.75) is 31.6 Å². The van der Waals surface area contributed by atoms with E-state index in [0.29, 0.717) is 0 Å². The molecule has 6 nitrogen and oxygen atoms in total. The van der Waals surface area contributed by atoms with E-state index in [0.717, 1.165) is 10.5 Å². The molecule has 1 aromatic carbocycles. The van der Waals surface area contributed by atoms with Crippen LogP contribution in [-0.2, 0) is 16.1 Å². The van der Waals surface area contributed by atoms with Gasteiger partial charge in [0.05, 0.1) is 12.1 Å². The van der Waals surface area contributed by atoms with Crippen LogP contribution in [0.2, 0.25) is 0 Å². The molecule has 1 amide bonds. The third-order valence-electron chi connectivity index (χ3n) is 3.26. The number of hydrogen-bond acceptors (Lipinski definition) is 4. The summed E-state index contributed by atoms with van der Waals surface area (Å²) >= 11 is 0. The van der Waals surface area contributed by atoms with Gasteiger partial charge in [-0.15, -0.1) is 0 Å². The van der Waals surface area contributed by atoms with Crippen molar-refractivity contribution in [1.82, 2.24) is 4.90 Å². The number of ether oxygens (including phenoxy) is 1. The summed E-state index contributed by atoms with van der Waals surface area (Å²) in [6.07, 6.45) is -1.18. The van der Waals surface area contributed by atoms with Crippen molar-refractivity contribution < 1.29 is 24.5 Å². The number of aliphatic hydroxyl groups is 1. The molecule has 1 aliphatic heterocycles. The third-order valence-corrected chi connectivity index (χ3v) is 3.26. The average molecular weight is 279 g/mol. The zero-order valence-electron chi connectivity index (χ0n) is 11.2. The molecular weight excluding hydrogens is 262 g/mol. The molecule has 2 unspecified atom stereocenters. The third kappa shape index (κ3) is 3.27. The van der Waals surface area contributed by atoms with Crippen LogP contribution in [0.15, 0.2) is 30.3 Å². The summed E-state index contributed by atoms with van der Waals surface area (Å²) in [6, 6.07) is 8.18. The van der Waals surface area contributed by atoms with Crippen molar-refractivity contribution in [3.8, 4) is 0 Å². The highest BCUT2D eigenvalue weighted by Gasteiger charge is 2.46. The molecule has 0 radical (unpaired) electrons. The first-order valence-corrected chi connectivity index (χ1v) is 6.31. The second-order valence-corrected chi connectivity index (χ2v) is 5.22. The summed E-state index contributed by atoms with van der Waals surface area (Å²) in [5.74, 6) is -0.631. The van der Waals surface area contributed by atoms with Crippen LogP contribution in [-0.4, -0.2) is 45.4 Å². The lowest BCUT2D eigenvalue weighted by Crippen LogP contribution is -2.40. The maximum atomic E-state index is 12.0. The van der Waals surface area contributed by atoms with Crippen LogP contribution in [0.1, 0.15) is 18.9 Å². The SMILES string of the molecule is CC1(O)CC(C(=O)OCc2ccccc2)N(C(=O)O)C1. The average Bonchev–Trinajstić information content (AvgIpc) is 2.74. The van der Waals surface area contributed by atoms with Crippen molar-refractivity contribution >= 4 is 12.1 Å². The van der Waals surface area contributed by atoms with E-state index in [1.807, 2.05) is 30.3 Å². The van der Waals surface area contributed by atoms with E-state index in [9.17, 15) is 14.7 Å². The number of β-amino-alcohol motifs (C(OH)–C–C–N with tert-alkyl or cyclic N) is 1. The second-order valence-electron chi connectivity index (χ2n) is 5.22. The normalized spacial score (nSPS) is 25.5. The predicted molar refractivity (Wildman–Crippen MR) is 70.0 cm³/mol. The van der Waals surface area contributed by atoms with E-state index < -0.39 is 23.7 Å². The Labute approximate surface area is 116 Å². The molecule has 0 aromatic heterocycles. The maximum absolute atomic E-state index is 12.0. The molecule has 1 aliphatic rings. The number of esters is 1. The summed E-state index contributed by atoms with van der Waals surface area (Å²) in [5.41, 5.74) is -0.373. The summed E-state index contributed by atoms with van der Waals surface area (Å²) < 4.78 is 5.13. The van der Waals surface area contributed by atoms with E-state index in [-0.39, 0.29) is 19.6 Å². The Morgan fingerprint density at radius 3 is 2.65 bits per heavy atom. The molecule has 2 N–H and O–H groups in total. The molecule has 6 heteroatoms. The van der Waals surface area contributed by atoms with Crippen LogP contribution in [0, 0.1) is 0 Å². The van der Waals surface area contributed by atoms with Gasteiger partial charge in [-0.3, -0.25) is 4.90 Å². The van der Waals surface area contributed by atoms with Gasteiger partial charge in [-0.1, -0.05) is 30.3 Å². The van der Waals surface area contributed by atoms with Gasteiger partial charge in [-0.05, 0) is 12.5 Å². The molecule has 1 fully saturated rings. The van der Waals surface area contributed by atoms with Gasteiger partial charge < -0.3 is 14.9 Å². The highest BCUT2D eigenvalue weighted by Crippen LogP contribution is 2.27. The Morgan fingerprint density at radius 1 is 1.40 bits per heavy atom. The number of carbonyl (C=O) groups is 2. The van der Waals surface area contributed by atoms with Gasteiger partial charge in [0.15, 0.2) is 0 Å². The number of amides is 1. The quantitative estimate of drug-likeness (QED) is 0.813. The number of carbonyl (C=O) groups excluding carboxylic acids is 1. The van der Waals surface area contributed by atoms with Gasteiger partial charge >= 0.3 is 12.1 Å². The van der Waals surface area contributed by atoms with Crippen LogP contribution in [0.25, 0.3) is 0 Å². The molecule has 1 heterocycles. The fraction of sp³-hybridized carbons (Fsp3) is 0.429. The first-order valence-electron chi connectivity index (χ1n) is 6.31. The Bertz CT molecular complexity index is 500. The number of rotatable bonds is 3. The molecule has 1 saturated heterocycles. The van der Waals surface area contributed by atoms with Crippen molar-refractivity contribution in [3.63, 3.8) is 0 Å². The summed E-state index contributed by atoms with van der Waals surface area (Å²) in [4.78, 5) is 24.0. The Balaban J connectivity index is 1.99. The standard InChI is InChI=1S/C14H17NO5/c1-14(19)7-11(15(9-14)13(17)18)12(16)20-8-10-5-3-2-4-6-10/h2-6,11,19H,7-9H2,1H3,(H,17,18). The number of benzene rings is 1. The molecule has 0 aliphatic carbocycles. The van der Waals surface area contributed by atoms with Crippen molar-refractivity contribution in [3.05, 3.63) is 35.9 Å². The fourth-order valence-electron chi connectivity index (χ4n) is 2.30. The number of hydrogen-bond donors (Lipinski definition) is 2. The summed E-state index contributed by atoms with van der Waals surface area (Å²) in [6.45, 7) is 1.51. The molecule has 0 spiro atoms.